The molecule has 0 amide bonds. The normalized spacial score (nSPS) is 11.3. The van der Waals surface area contributed by atoms with Crippen molar-refractivity contribution in [3.8, 4) is 5.75 Å². The van der Waals surface area contributed by atoms with Crippen molar-refractivity contribution in [3.05, 3.63) is 71.3 Å². The maximum absolute atomic E-state index is 6.06. The second-order valence-electron chi connectivity index (χ2n) is 8.50. The summed E-state index contributed by atoms with van der Waals surface area (Å²) in [5, 5.41) is 0. The first-order valence-electron chi connectivity index (χ1n) is 11.6. The summed E-state index contributed by atoms with van der Waals surface area (Å²) in [7, 11) is 0. The van der Waals surface area contributed by atoms with E-state index in [1.165, 1.54) is 44.1 Å². The van der Waals surface area contributed by atoms with Gasteiger partial charge in [0.05, 0.1) is 6.61 Å². The monoisotopic (exact) mass is 422 g/mol. The Hall–Kier alpha value is -1.93. The summed E-state index contributed by atoms with van der Waals surface area (Å²) in [6.45, 7) is 7.53. The van der Waals surface area contributed by atoms with Gasteiger partial charge in [-0.2, -0.15) is 0 Å². The highest BCUT2D eigenvalue weighted by molar-refractivity contribution is 7.81. The molecule has 2 rings (SSSR count). The number of hydrogen-bond donors (Lipinski definition) is 0. The third kappa shape index (κ3) is 9.26. The number of rotatable bonds is 14. The summed E-state index contributed by atoms with van der Waals surface area (Å²) in [4.78, 5) is 0.855. The van der Waals surface area contributed by atoms with E-state index in [0.717, 1.165) is 41.2 Å². The van der Waals surface area contributed by atoms with Gasteiger partial charge in [-0.3, -0.25) is 0 Å². The molecule has 0 aliphatic carbocycles. The second kappa shape index (κ2) is 14.1. The zero-order valence-electron chi connectivity index (χ0n) is 19.0. The predicted octanol–water partition coefficient (Wildman–Crippen LogP) is 8.45. The van der Waals surface area contributed by atoms with E-state index in [1.54, 1.807) is 0 Å². The standard InChI is InChI=1S/C28H38OS/c1-4-5-6-7-8-9-12-21-29-27-14-11-10-13-25(27)19-20-28(30)26-17-15-24(16-18-26)22-23(2)3/h10-11,13-20,23H,4-9,12,21-22H2,1-3H3. The van der Waals surface area contributed by atoms with Crippen LogP contribution >= 0.6 is 12.2 Å². The molecular weight excluding hydrogens is 384 g/mol. The maximum Gasteiger partial charge on any atom is 0.126 e. The number of hydrogen-bond acceptors (Lipinski definition) is 2. The smallest absolute Gasteiger partial charge is 0.126 e. The van der Waals surface area contributed by atoms with E-state index >= 15 is 0 Å². The van der Waals surface area contributed by atoms with Crippen LogP contribution in [0.15, 0.2) is 54.6 Å². The topological polar surface area (TPSA) is 9.23 Å². The summed E-state index contributed by atoms with van der Waals surface area (Å²) >= 11 is 5.63. The fraction of sp³-hybridized carbons (Fsp3) is 0.464. The van der Waals surface area contributed by atoms with Crippen LogP contribution in [0.5, 0.6) is 5.75 Å². The van der Waals surface area contributed by atoms with Crippen molar-refractivity contribution in [2.45, 2.75) is 72.1 Å². The van der Waals surface area contributed by atoms with Gasteiger partial charge in [-0.1, -0.05) is 114 Å². The minimum absolute atomic E-state index is 0.667. The highest BCUT2D eigenvalue weighted by Gasteiger charge is 2.03. The molecule has 2 aromatic carbocycles. The van der Waals surface area contributed by atoms with Crippen molar-refractivity contribution in [3.63, 3.8) is 0 Å². The molecule has 0 aliphatic rings. The molecule has 0 radical (unpaired) electrons. The Morgan fingerprint density at radius 2 is 1.57 bits per heavy atom. The molecule has 0 saturated carbocycles. The average molecular weight is 423 g/mol. The lowest BCUT2D eigenvalue weighted by atomic mass is 10.0. The fourth-order valence-corrected chi connectivity index (χ4v) is 3.73. The Morgan fingerprint density at radius 3 is 2.27 bits per heavy atom. The quantitative estimate of drug-likeness (QED) is 0.131. The van der Waals surface area contributed by atoms with Crippen LogP contribution in [0.1, 0.15) is 82.4 Å². The van der Waals surface area contributed by atoms with Crippen LogP contribution in [0.2, 0.25) is 0 Å². The molecule has 0 atom stereocenters. The molecule has 0 N–H and O–H groups in total. The molecule has 2 aromatic rings. The summed E-state index contributed by atoms with van der Waals surface area (Å²) in [5.74, 6) is 1.61. The lowest BCUT2D eigenvalue weighted by Crippen LogP contribution is -1.99. The molecule has 1 nitrogen and oxygen atoms in total. The summed E-state index contributed by atoms with van der Waals surface area (Å²) in [6.07, 6.45) is 14.3. The van der Waals surface area contributed by atoms with Crippen LogP contribution in [-0.2, 0) is 6.42 Å². The van der Waals surface area contributed by atoms with E-state index in [0.29, 0.717) is 5.92 Å². The molecule has 0 bridgehead atoms. The number of ether oxygens (including phenoxy) is 1. The SMILES string of the molecule is CCCCCCCCCOc1ccccc1C=CC(=S)c1ccc(CC(C)C)cc1. The van der Waals surface area contributed by atoms with Crippen LogP contribution in [0, 0.1) is 5.92 Å². The molecule has 162 valence electrons. The van der Waals surface area contributed by atoms with E-state index in [4.69, 9.17) is 17.0 Å². The van der Waals surface area contributed by atoms with E-state index in [9.17, 15) is 0 Å². The lowest BCUT2D eigenvalue weighted by molar-refractivity contribution is 0.303. The van der Waals surface area contributed by atoms with Crippen molar-refractivity contribution in [1.82, 2.24) is 0 Å². The second-order valence-corrected chi connectivity index (χ2v) is 8.94. The Morgan fingerprint density at radius 1 is 0.900 bits per heavy atom. The Labute approximate surface area is 189 Å². The fourth-order valence-electron chi connectivity index (χ4n) is 3.53. The summed E-state index contributed by atoms with van der Waals surface area (Å²) < 4.78 is 6.06. The molecule has 0 saturated heterocycles. The van der Waals surface area contributed by atoms with Crippen molar-refractivity contribution in [2.24, 2.45) is 5.92 Å². The van der Waals surface area contributed by atoms with Crippen LogP contribution in [0.25, 0.3) is 6.08 Å². The van der Waals surface area contributed by atoms with Gasteiger partial charge >= 0.3 is 0 Å². The van der Waals surface area contributed by atoms with E-state index in [2.05, 4.69) is 57.2 Å². The van der Waals surface area contributed by atoms with Gasteiger partial charge in [0, 0.05) is 10.4 Å². The molecule has 0 unspecified atom stereocenters. The van der Waals surface area contributed by atoms with Crippen molar-refractivity contribution >= 4 is 23.2 Å². The first-order chi connectivity index (χ1) is 14.6. The van der Waals surface area contributed by atoms with Gasteiger partial charge in [0.2, 0.25) is 0 Å². The zero-order valence-corrected chi connectivity index (χ0v) is 19.8. The van der Waals surface area contributed by atoms with E-state index in [1.807, 2.05) is 24.3 Å². The van der Waals surface area contributed by atoms with Gasteiger partial charge in [0.1, 0.15) is 5.75 Å². The summed E-state index contributed by atoms with van der Waals surface area (Å²) in [6, 6.07) is 16.9. The van der Waals surface area contributed by atoms with Gasteiger partial charge < -0.3 is 4.74 Å². The number of para-hydroxylation sites is 1. The Bertz CT molecular complexity index is 773. The molecule has 0 spiro atoms. The molecule has 2 heteroatoms. The highest BCUT2D eigenvalue weighted by Crippen LogP contribution is 2.21. The molecule has 0 aliphatic heterocycles. The molecule has 30 heavy (non-hydrogen) atoms. The Balaban J connectivity index is 1.84. The molecule has 0 aromatic heterocycles. The predicted molar refractivity (Wildman–Crippen MR) is 136 cm³/mol. The first kappa shape index (κ1) is 24.3. The highest BCUT2D eigenvalue weighted by atomic mass is 32.1. The Kier molecular flexibility index (Phi) is 11.5. The van der Waals surface area contributed by atoms with Gasteiger partial charge in [-0.25, -0.2) is 0 Å². The largest absolute Gasteiger partial charge is 0.493 e. The van der Waals surface area contributed by atoms with Gasteiger partial charge in [0.15, 0.2) is 0 Å². The van der Waals surface area contributed by atoms with Crippen molar-refractivity contribution in [1.29, 1.82) is 0 Å². The molecular formula is C28H38OS. The minimum atomic E-state index is 0.667. The van der Waals surface area contributed by atoms with E-state index < -0.39 is 0 Å². The zero-order chi connectivity index (χ0) is 21.6. The van der Waals surface area contributed by atoms with Gasteiger partial charge in [-0.15, -0.1) is 0 Å². The van der Waals surface area contributed by atoms with Crippen LogP contribution in [-0.4, -0.2) is 11.5 Å². The summed E-state index contributed by atoms with van der Waals surface area (Å²) in [5.41, 5.74) is 3.54. The number of unbranched alkanes of at least 4 members (excludes halogenated alkanes) is 6. The van der Waals surface area contributed by atoms with Crippen LogP contribution in [0.3, 0.4) is 0 Å². The third-order valence-corrected chi connectivity index (χ3v) is 5.59. The molecule has 0 heterocycles. The van der Waals surface area contributed by atoms with Crippen molar-refractivity contribution in [2.75, 3.05) is 6.61 Å². The number of benzene rings is 2. The van der Waals surface area contributed by atoms with Crippen LogP contribution in [0.4, 0.5) is 0 Å². The van der Waals surface area contributed by atoms with Crippen LogP contribution < -0.4 is 4.74 Å². The first-order valence-corrected chi connectivity index (χ1v) is 12.0. The minimum Gasteiger partial charge on any atom is -0.493 e. The van der Waals surface area contributed by atoms with E-state index in [-0.39, 0.29) is 0 Å². The maximum atomic E-state index is 6.06. The lowest BCUT2D eigenvalue weighted by Gasteiger charge is -2.09. The van der Waals surface area contributed by atoms with Crippen molar-refractivity contribution < 1.29 is 4.74 Å². The molecule has 0 fully saturated rings. The average Bonchev–Trinajstić information content (AvgIpc) is 2.74. The van der Waals surface area contributed by atoms with Gasteiger partial charge in [-0.05, 0) is 48.1 Å². The van der Waals surface area contributed by atoms with Gasteiger partial charge in [0.25, 0.3) is 0 Å². The number of thiocarbonyl (C=S) groups is 1. The third-order valence-electron chi connectivity index (χ3n) is 5.22. The number of allylic oxidation sites excluding steroid dienone is 1.